The summed E-state index contributed by atoms with van der Waals surface area (Å²) in [6.07, 6.45) is 0.408. The number of nitrogens with one attached hydrogen (secondary N) is 2. The number of nitrogens with two attached hydrogens (primary N) is 3. The van der Waals surface area contributed by atoms with Crippen molar-refractivity contribution in [2.75, 3.05) is 19.6 Å². The zero-order valence-corrected chi connectivity index (χ0v) is 16.9. The van der Waals surface area contributed by atoms with E-state index in [1.54, 1.807) is 0 Å². The van der Waals surface area contributed by atoms with Crippen LogP contribution in [0.2, 0.25) is 0 Å². The number of likely N-dealkylation sites (tertiary alicyclic amines) is 1. The molecule has 4 atom stereocenters. The van der Waals surface area contributed by atoms with Crippen molar-refractivity contribution in [3.8, 4) is 0 Å². The molecular weight excluding hydrogens is 398 g/mol. The number of rotatable bonds is 11. The topological polar surface area (TPSA) is 226 Å². The number of carboxylic acid groups (broad SMARTS) is 1. The van der Waals surface area contributed by atoms with E-state index in [-0.39, 0.29) is 12.5 Å². The van der Waals surface area contributed by atoms with Gasteiger partial charge < -0.3 is 42.9 Å². The molecule has 0 aromatic rings. The molecule has 13 nitrogen and oxygen atoms in total. The molecule has 1 rings (SSSR count). The predicted octanol–water partition coefficient (Wildman–Crippen LogP) is -3.58. The minimum Gasteiger partial charge on any atom is -0.480 e. The number of nitrogens with zero attached hydrogens (tertiary/aromatic N) is 2. The van der Waals surface area contributed by atoms with Crippen molar-refractivity contribution in [2.24, 2.45) is 22.2 Å². The fourth-order valence-corrected chi connectivity index (χ4v) is 3.02. The van der Waals surface area contributed by atoms with E-state index in [1.165, 1.54) is 11.8 Å². The lowest BCUT2D eigenvalue weighted by Crippen LogP contribution is -2.55. The molecule has 0 radical (unpaired) electrons. The molecule has 10 N–H and O–H groups in total. The Morgan fingerprint density at radius 2 is 1.93 bits per heavy atom. The molecule has 0 aromatic heterocycles. The Balaban J connectivity index is 2.53. The van der Waals surface area contributed by atoms with Crippen LogP contribution in [0.15, 0.2) is 4.99 Å². The van der Waals surface area contributed by atoms with Gasteiger partial charge in [0.15, 0.2) is 12.0 Å². The maximum absolute atomic E-state index is 12.5. The van der Waals surface area contributed by atoms with Crippen molar-refractivity contribution >= 4 is 29.7 Å². The standard InChI is InChI=1S/C17H31N7O6/c1-9(25)13(16(29)30)23-15(28)11-5-3-7-24(11)12(26)8-22-14(27)10(18)4-2-6-21-17(19)20/h9-11,13,25H,2-8,18H2,1H3,(H,22,27)(H,23,28)(H,29,30)(H4,19,20,21). The number of guanidine groups is 1. The van der Waals surface area contributed by atoms with Crippen LogP contribution < -0.4 is 27.8 Å². The van der Waals surface area contributed by atoms with E-state index < -0.39 is 47.9 Å². The summed E-state index contributed by atoms with van der Waals surface area (Å²) in [7, 11) is 0. The summed E-state index contributed by atoms with van der Waals surface area (Å²) in [5.74, 6) is -3.11. The monoisotopic (exact) mass is 429 g/mol. The highest BCUT2D eigenvalue weighted by atomic mass is 16.4. The second-order valence-corrected chi connectivity index (χ2v) is 7.08. The number of hydrogen-bond donors (Lipinski definition) is 7. The SMILES string of the molecule is CC(O)C(NC(=O)C1CCCN1C(=O)CNC(=O)C(N)CCCN=C(N)N)C(=O)O. The van der Waals surface area contributed by atoms with Crippen molar-refractivity contribution < 1.29 is 29.4 Å². The molecule has 1 fully saturated rings. The van der Waals surface area contributed by atoms with Crippen LogP contribution in [0.3, 0.4) is 0 Å². The van der Waals surface area contributed by atoms with Crippen molar-refractivity contribution in [3.05, 3.63) is 0 Å². The van der Waals surface area contributed by atoms with Gasteiger partial charge in [0.1, 0.15) is 6.04 Å². The zero-order chi connectivity index (χ0) is 22.8. The Morgan fingerprint density at radius 3 is 2.50 bits per heavy atom. The quantitative estimate of drug-likeness (QED) is 0.0977. The molecular formula is C17H31N7O6. The first-order valence-electron chi connectivity index (χ1n) is 9.64. The van der Waals surface area contributed by atoms with Gasteiger partial charge in [0.25, 0.3) is 0 Å². The summed E-state index contributed by atoms with van der Waals surface area (Å²) < 4.78 is 0. The van der Waals surface area contributed by atoms with E-state index >= 15 is 0 Å². The first-order chi connectivity index (χ1) is 14.0. The van der Waals surface area contributed by atoms with Crippen LogP contribution in [-0.4, -0.2) is 88.6 Å². The van der Waals surface area contributed by atoms with Gasteiger partial charge in [-0.05, 0) is 32.6 Å². The number of hydrogen-bond acceptors (Lipinski definition) is 7. The molecule has 0 saturated carbocycles. The van der Waals surface area contributed by atoms with Gasteiger partial charge in [-0.3, -0.25) is 19.4 Å². The zero-order valence-electron chi connectivity index (χ0n) is 16.9. The molecule has 0 aliphatic carbocycles. The minimum absolute atomic E-state index is 0.0501. The second kappa shape index (κ2) is 11.9. The third kappa shape index (κ3) is 7.83. The molecule has 30 heavy (non-hydrogen) atoms. The van der Waals surface area contributed by atoms with E-state index in [0.29, 0.717) is 38.8 Å². The lowest BCUT2D eigenvalue weighted by Gasteiger charge is -2.26. The van der Waals surface area contributed by atoms with E-state index in [2.05, 4.69) is 15.6 Å². The molecule has 0 spiro atoms. The fraction of sp³-hybridized carbons (Fsp3) is 0.706. The molecule has 170 valence electrons. The average Bonchev–Trinajstić information content (AvgIpc) is 3.16. The summed E-state index contributed by atoms with van der Waals surface area (Å²) in [5, 5.41) is 23.3. The van der Waals surface area contributed by atoms with Gasteiger partial charge in [-0.25, -0.2) is 4.79 Å². The first kappa shape index (κ1) is 25.1. The van der Waals surface area contributed by atoms with E-state index in [1.807, 2.05) is 0 Å². The third-order valence-electron chi connectivity index (χ3n) is 4.64. The molecule has 1 heterocycles. The lowest BCUT2D eigenvalue weighted by atomic mass is 10.1. The highest BCUT2D eigenvalue weighted by molar-refractivity contribution is 5.93. The summed E-state index contributed by atoms with van der Waals surface area (Å²) in [4.78, 5) is 53.1. The van der Waals surface area contributed by atoms with Gasteiger partial charge in [-0.15, -0.1) is 0 Å². The molecule has 1 saturated heterocycles. The van der Waals surface area contributed by atoms with E-state index in [9.17, 15) is 24.3 Å². The maximum Gasteiger partial charge on any atom is 0.328 e. The number of amides is 3. The van der Waals surface area contributed by atoms with Gasteiger partial charge in [-0.1, -0.05) is 0 Å². The summed E-state index contributed by atoms with van der Waals surface area (Å²) in [6.45, 7) is 1.52. The number of aliphatic carboxylic acids is 1. The highest BCUT2D eigenvalue weighted by Gasteiger charge is 2.36. The van der Waals surface area contributed by atoms with E-state index in [4.69, 9.17) is 22.3 Å². The summed E-state index contributed by atoms with van der Waals surface area (Å²) >= 11 is 0. The lowest BCUT2D eigenvalue weighted by molar-refractivity contribution is -0.146. The average molecular weight is 429 g/mol. The van der Waals surface area contributed by atoms with Crippen molar-refractivity contribution in [1.29, 1.82) is 0 Å². The number of carbonyl (C=O) groups is 4. The molecule has 13 heteroatoms. The van der Waals surface area contributed by atoms with Crippen molar-refractivity contribution in [3.63, 3.8) is 0 Å². The Kier molecular flexibility index (Phi) is 9.98. The molecule has 3 amide bonds. The van der Waals surface area contributed by atoms with Crippen LogP contribution in [0.25, 0.3) is 0 Å². The third-order valence-corrected chi connectivity index (χ3v) is 4.64. The summed E-state index contributed by atoms with van der Waals surface area (Å²) in [6, 6.07) is -3.19. The molecule has 4 unspecified atom stereocenters. The Bertz CT molecular complexity index is 665. The van der Waals surface area contributed by atoms with Crippen LogP contribution in [0, 0.1) is 0 Å². The van der Waals surface area contributed by atoms with Crippen LogP contribution in [-0.2, 0) is 19.2 Å². The smallest absolute Gasteiger partial charge is 0.328 e. The Hall–Kier alpha value is -2.93. The number of carbonyl (C=O) groups excluding carboxylic acids is 3. The van der Waals surface area contributed by atoms with Gasteiger partial charge >= 0.3 is 5.97 Å². The highest BCUT2D eigenvalue weighted by Crippen LogP contribution is 2.17. The van der Waals surface area contributed by atoms with Crippen molar-refractivity contribution in [1.82, 2.24) is 15.5 Å². The predicted molar refractivity (Wildman–Crippen MR) is 107 cm³/mol. The minimum atomic E-state index is -1.48. The van der Waals surface area contributed by atoms with Crippen LogP contribution in [0.1, 0.15) is 32.6 Å². The first-order valence-corrected chi connectivity index (χ1v) is 9.64. The Labute approximate surface area is 174 Å². The maximum atomic E-state index is 12.5. The molecule has 0 aromatic carbocycles. The molecule has 1 aliphatic heterocycles. The second-order valence-electron chi connectivity index (χ2n) is 7.08. The Morgan fingerprint density at radius 1 is 1.27 bits per heavy atom. The summed E-state index contributed by atoms with van der Waals surface area (Å²) in [5.41, 5.74) is 16.2. The van der Waals surface area contributed by atoms with Gasteiger partial charge in [0.05, 0.1) is 18.7 Å². The number of aliphatic hydroxyl groups is 1. The molecule has 1 aliphatic rings. The normalized spacial score (nSPS) is 18.8. The molecule has 0 bridgehead atoms. The van der Waals surface area contributed by atoms with Crippen LogP contribution >= 0.6 is 0 Å². The van der Waals surface area contributed by atoms with Gasteiger partial charge in [0, 0.05) is 13.1 Å². The van der Waals surface area contributed by atoms with Gasteiger partial charge in [0.2, 0.25) is 17.7 Å². The number of carboxylic acids is 1. The largest absolute Gasteiger partial charge is 0.480 e. The van der Waals surface area contributed by atoms with Crippen LogP contribution in [0.5, 0.6) is 0 Å². The van der Waals surface area contributed by atoms with Crippen molar-refractivity contribution in [2.45, 2.75) is 56.8 Å². The fourth-order valence-electron chi connectivity index (χ4n) is 3.02. The number of aliphatic imine (C=N–C) groups is 1. The van der Waals surface area contributed by atoms with Crippen LogP contribution in [0.4, 0.5) is 0 Å². The van der Waals surface area contributed by atoms with E-state index in [0.717, 1.165) is 0 Å². The van der Waals surface area contributed by atoms with Gasteiger partial charge in [-0.2, -0.15) is 0 Å². The number of aliphatic hydroxyl groups excluding tert-OH is 1.